The lowest BCUT2D eigenvalue weighted by Gasteiger charge is -2.30. The second kappa shape index (κ2) is 9.24. The third kappa shape index (κ3) is 4.78. The molecule has 0 atom stereocenters. The molecule has 2 amide bonds. The lowest BCUT2D eigenvalue weighted by atomic mass is 10.1. The number of urea groups is 1. The normalized spacial score (nSPS) is 13.3. The van der Waals surface area contributed by atoms with Crippen molar-refractivity contribution in [3.05, 3.63) is 54.1 Å². The van der Waals surface area contributed by atoms with Gasteiger partial charge < -0.3 is 29.6 Å². The number of nitrogens with zero attached hydrogens (tertiary/aromatic N) is 3. The van der Waals surface area contributed by atoms with Crippen LogP contribution >= 0.6 is 0 Å². The zero-order valence-electron chi connectivity index (χ0n) is 20.1. The number of carbonyl (C=O) groups excluding carboxylic acids is 1. The molecule has 34 heavy (non-hydrogen) atoms. The van der Waals surface area contributed by atoms with Crippen molar-refractivity contribution in [3.63, 3.8) is 0 Å². The van der Waals surface area contributed by atoms with E-state index in [0.29, 0.717) is 31.1 Å². The van der Waals surface area contributed by atoms with Gasteiger partial charge in [0.2, 0.25) is 0 Å². The third-order valence-corrected chi connectivity index (χ3v) is 5.53. The highest BCUT2D eigenvalue weighted by Crippen LogP contribution is 2.37. The predicted octanol–water partition coefficient (Wildman–Crippen LogP) is 4.96. The maximum absolute atomic E-state index is 14.0. The van der Waals surface area contributed by atoms with Crippen LogP contribution < -0.4 is 20.1 Å². The summed E-state index contributed by atoms with van der Waals surface area (Å²) in [5, 5.41) is 6.23. The molecule has 3 aromatic rings. The average Bonchev–Trinajstić information content (AvgIpc) is 3.16. The van der Waals surface area contributed by atoms with Crippen molar-refractivity contribution in [2.75, 3.05) is 31.4 Å². The molecule has 8 nitrogen and oxygen atoms in total. The number of carbonyl (C=O) groups is 1. The van der Waals surface area contributed by atoms with Gasteiger partial charge in [-0.05, 0) is 51.1 Å². The van der Waals surface area contributed by atoms with Gasteiger partial charge in [-0.3, -0.25) is 0 Å². The molecule has 1 aliphatic heterocycles. The zero-order valence-corrected chi connectivity index (χ0v) is 20.1. The van der Waals surface area contributed by atoms with E-state index in [1.165, 1.54) is 6.07 Å². The van der Waals surface area contributed by atoms with E-state index in [-0.39, 0.29) is 17.3 Å². The van der Waals surface area contributed by atoms with E-state index in [1.807, 2.05) is 18.2 Å². The lowest BCUT2D eigenvalue weighted by Crippen LogP contribution is -2.41. The first kappa shape index (κ1) is 23.4. The number of aromatic nitrogens is 2. The number of hydrogen-bond acceptors (Lipinski definition) is 5. The Morgan fingerprint density at radius 2 is 1.79 bits per heavy atom. The second-order valence-corrected chi connectivity index (χ2v) is 9.15. The van der Waals surface area contributed by atoms with Gasteiger partial charge in [0.1, 0.15) is 23.2 Å². The molecule has 9 heteroatoms. The smallest absolute Gasteiger partial charge is 0.322 e. The Labute approximate surface area is 198 Å². The number of benzene rings is 2. The number of nitrogens with one attached hydrogen (secondary N) is 2. The van der Waals surface area contributed by atoms with Crippen LogP contribution in [0, 0.1) is 5.82 Å². The SMILES string of the molecule is COc1ccc(-c2nc3n(c2NC(C)(C)C)CCN(C(=O)Nc2ccccc2F)C3)cc1OC. The van der Waals surface area contributed by atoms with E-state index in [4.69, 9.17) is 14.5 Å². The van der Waals surface area contributed by atoms with E-state index in [2.05, 4.69) is 36.0 Å². The number of halogens is 1. The number of ether oxygens (including phenoxy) is 2. The maximum Gasteiger partial charge on any atom is 0.322 e. The number of para-hydroxylation sites is 1. The van der Waals surface area contributed by atoms with Crippen molar-refractivity contribution >= 4 is 17.5 Å². The highest BCUT2D eigenvalue weighted by Gasteiger charge is 2.29. The minimum atomic E-state index is -0.471. The van der Waals surface area contributed by atoms with Gasteiger partial charge in [-0.1, -0.05) is 12.1 Å². The molecule has 180 valence electrons. The summed E-state index contributed by atoms with van der Waals surface area (Å²) in [5.41, 5.74) is 1.58. The molecular formula is C25H30FN5O3. The molecule has 2 N–H and O–H groups in total. The molecule has 0 saturated carbocycles. The van der Waals surface area contributed by atoms with Crippen molar-refractivity contribution < 1.29 is 18.7 Å². The standard InChI is InChI=1S/C25H30FN5O3/c1-25(2,3)29-23-22(16-10-11-19(33-4)20(14-16)34-5)28-21-15-30(12-13-31(21)23)24(32)27-18-9-7-6-8-17(18)26/h6-11,14,29H,12-13,15H2,1-5H3,(H,27,32). The molecular weight excluding hydrogens is 437 g/mol. The Morgan fingerprint density at radius 1 is 1.06 bits per heavy atom. The van der Waals surface area contributed by atoms with Crippen LogP contribution in [-0.4, -0.2) is 46.8 Å². The summed E-state index contributed by atoms with van der Waals surface area (Å²) < 4.78 is 27.0. The topological polar surface area (TPSA) is 80.7 Å². The summed E-state index contributed by atoms with van der Waals surface area (Å²) in [6, 6.07) is 11.4. The van der Waals surface area contributed by atoms with Crippen LogP contribution in [0.2, 0.25) is 0 Å². The van der Waals surface area contributed by atoms with Crippen molar-refractivity contribution in [2.24, 2.45) is 0 Å². The summed E-state index contributed by atoms with van der Waals surface area (Å²) >= 11 is 0. The largest absolute Gasteiger partial charge is 0.493 e. The molecule has 0 aliphatic carbocycles. The number of fused-ring (bicyclic) bond motifs is 1. The summed E-state index contributed by atoms with van der Waals surface area (Å²) in [7, 11) is 3.20. The van der Waals surface area contributed by atoms with Crippen LogP contribution in [-0.2, 0) is 13.1 Å². The molecule has 1 aliphatic rings. The Kier molecular flexibility index (Phi) is 6.37. The fourth-order valence-electron chi connectivity index (χ4n) is 3.93. The highest BCUT2D eigenvalue weighted by molar-refractivity contribution is 5.89. The summed E-state index contributed by atoms with van der Waals surface area (Å²) in [6.07, 6.45) is 0. The number of imidazole rings is 1. The molecule has 0 unspecified atom stereocenters. The monoisotopic (exact) mass is 467 g/mol. The fourth-order valence-corrected chi connectivity index (χ4v) is 3.93. The van der Waals surface area contributed by atoms with Gasteiger partial charge in [0, 0.05) is 24.2 Å². The molecule has 0 saturated heterocycles. The molecule has 0 spiro atoms. The van der Waals surface area contributed by atoms with E-state index >= 15 is 0 Å². The zero-order chi connectivity index (χ0) is 24.5. The Morgan fingerprint density at radius 3 is 2.47 bits per heavy atom. The third-order valence-electron chi connectivity index (χ3n) is 5.53. The first-order chi connectivity index (χ1) is 16.2. The van der Waals surface area contributed by atoms with Crippen LogP contribution in [0.1, 0.15) is 26.6 Å². The lowest BCUT2D eigenvalue weighted by molar-refractivity contribution is 0.196. The summed E-state index contributed by atoms with van der Waals surface area (Å²) in [4.78, 5) is 19.4. The van der Waals surface area contributed by atoms with Crippen molar-refractivity contribution in [1.82, 2.24) is 14.5 Å². The summed E-state index contributed by atoms with van der Waals surface area (Å²) in [6.45, 7) is 7.58. The van der Waals surface area contributed by atoms with E-state index in [9.17, 15) is 9.18 Å². The Bertz CT molecular complexity index is 1200. The molecule has 4 rings (SSSR count). The average molecular weight is 468 g/mol. The molecule has 0 bridgehead atoms. The fraction of sp³-hybridized carbons (Fsp3) is 0.360. The predicted molar refractivity (Wildman–Crippen MR) is 130 cm³/mol. The molecule has 0 fully saturated rings. The van der Waals surface area contributed by atoms with E-state index in [1.54, 1.807) is 37.3 Å². The van der Waals surface area contributed by atoms with Crippen molar-refractivity contribution in [2.45, 2.75) is 39.4 Å². The van der Waals surface area contributed by atoms with Gasteiger partial charge >= 0.3 is 6.03 Å². The van der Waals surface area contributed by atoms with Gasteiger partial charge in [0.25, 0.3) is 0 Å². The number of amides is 2. The molecule has 1 aromatic heterocycles. The number of anilines is 2. The van der Waals surface area contributed by atoms with E-state index < -0.39 is 5.82 Å². The Hall–Kier alpha value is -3.75. The molecule has 2 aromatic carbocycles. The quantitative estimate of drug-likeness (QED) is 0.554. The molecule has 0 radical (unpaired) electrons. The minimum Gasteiger partial charge on any atom is -0.493 e. The van der Waals surface area contributed by atoms with Gasteiger partial charge in [0.05, 0.1) is 26.5 Å². The number of rotatable bonds is 5. The van der Waals surface area contributed by atoms with Crippen LogP contribution in [0.25, 0.3) is 11.3 Å². The first-order valence-electron chi connectivity index (χ1n) is 11.1. The van der Waals surface area contributed by atoms with Crippen molar-refractivity contribution in [1.29, 1.82) is 0 Å². The van der Waals surface area contributed by atoms with Crippen molar-refractivity contribution in [3.8, 4) is 22.8 Å². The summed E-state index contributed by atoms with van der Waals surface area (Å²) in [5.74, 6) is 2.40. The number of hydrogen-bond donors (Lipinski definition) is 2. The van der Waals surface area contributed by atoms with Gasteiger partial charge in [0.15, 0.2) is 11.5 Å². The Balaban J connectivity index is 1.67. The van der Waals surface area contributed by atoms with Gasteiger partial charge in [-0.15, -0.1) is 0 Å². The molecule has 2 heterocycles. The van der Waals surface area contributed by atoms with E-state index in [0.717, 1.165) is 22.9 Å². The van der Waals surface area contributed by atoms with Crippen LogP contribution in [0.15, 0.2) is 42.5 Å². The van der Waals surface area contributed by atoms with Gasteiger partial charge in [-0.2, -0.15) is 0 Å². The van der Waals surface area contributed by atoms with Gasteiger partial charge in [-0.25, -0.2) is 14.2 Å². The maximum atomic E-state index is 14.0. The minimum absolute atomic E-state index is 0.155. The highest BCUT2D eigenvalue weighted by atomic mass is 19.1. The van der Waals surface area contributed by atoms with Crippen LogP contribution in [0.4, 0.5) is 20.7 Å². The number of methoxy groups -OCH3 is 2. The van der Waals surface area contributed by atoms with Crippen LogP contribution in [0.3, 0.4) is 0 Å². The second-order valence-electron chi connectivity index (χ2n) is 9.15. The first-order valence-corrected chi connectivity index (χ1v) is 11.1. The van der Waals surface area contributed by atoms with Crippen LogP contribution in [0.5, 0.6) is 11.5 Å².